The summed E-state index contributed by atoms with van der Waals surface area (Å²) in [6.07, 6.45) is 0.382. The number of carbonyl (C=O) groups excluding carboxylic acids is 1. The van der Waals surface area contributed by atoms with Crippen molar-refractivity contribution in [3.63, 3.8) is 0 Å². The molecule has 0 aliphatic rings. The van der Waals surface area contributed by atoms with E-state index in [-0.39, 0.29) is 18.8 Å². The van der Waals surface area contributed by atoms with E-state index in [4.69, 9.17) is 27.9 Å². The highest BCUT2D eigenvalue weighted by Crippen LogP contribution is 2.33. The van der Waals surface area contributed by atoms with Crippen LogP contribution in [-0.4, -0.2) is 17.7 Å². The Kier molecular flexibility index (Phi) is 5.45. The number of aliphatic hydroxyl groups is 1. The Labute approximate surface area is 117 Å². The van der Waals surface area contributed by atoms with Gasteiger partial charge in [-0.15, -0.1) is 0 Å². The molecule has 1 aromatic carbocycles. The number of halogens is 2. The SMILES string of the molecule is CCOC(=O)CCC(C)(O)c1ccc(Cl)cc1Cl. The van der Waals surface area contributed by atoms with E-state index < -0.39 is 5.60 Å². The van der Waals surface area contributed by atoms with Crippen molar-refractivity contribution in [1.82, 2.24) is 0 Å². The molecule has 3 nitrogen and oxygen atoms in total. The Hall–Kier alpha value is -0.770. The van der Waals surface area contributed by atoms with Gasteiger partial charge in [0.2, 0.25) is 0 Å². The molecule has 0 aliphatic heterocycles. The van der Waals surface area contributed by atoms with Gasteiger partial charge in [0, 0.05) is 22.0 Å². The third kappa shape index (κ3) is 4.16. The maximum absolute atomic E-state index is 11.3. The smallest absolute Gasteiger partial charge is 0.305 e. The zero-order valence-electron chi connectivity index (χ0n) is 10.4. The van der Waals surface area contributed by atoms with Crippen molar-refractivity contribution in [2.24, 2.45) is 0 Å². The molecular weight excluding hydrogens is 275 g/mol. The van der Waals surface area contributed by atoms with Gasteiger partial charge in [0.05, 0.1) is 12.2 Å². The van der Waals surface area contributed by atoms with Crippen molar-refractivity contribution >= 4 is 29.2 Å². The Balaban J connectivity index is 2.76. The zero-order valence-corrected chi connectivity index (χ0v) is 11.9. The third-order valence-electron chi connectivity index (χ3n) is 2.63. The first-order valence-electron chi connectivity index (χ1n) is 5.70. The second kappa shape index (κ2) is 6.41. The minimum Gasteiger partial charge on any atom is -0.466 e. The van der Waals surface area contributed by atoms with Gasteiger partial charge in [-0.2, -0.15) is 0 Å². The molecule has 0 aliphatic carbocycles. The first kappa shape index (κ1) is 15.3. The Morgan fingerprint density at radius 3 is 2.67 bits per heavy atom. The van der Waals surface area contributed by atoms with Crippen molar-refractivity contribution < 1.29 is 14.6 Å². The van der Waals surface area contributed by atoms with Crippen LogP contribution >= 0.6 is 23.2 Å². The Bertz CT molecular complexity index is 430. The minimum atomic E-state index is -1.19. The molecule has 0 heterocycles. The van der Waals surface area contributed by atoms with Crippen LogP contribution in [0.25, 0.3) is 0 Å². The molecule has 0 bridgehead atoms. The van der Waals surface area contributed by atoms with Crippen LogP contribution in [0.15, 0.2) is 18.2 Å². The van der Waals surface area contributed by atoms with E-state index in [2.05, 4.69) is 0 Å². The maximum atomic E-state index is 11.3. The lowest BCUT2D eigenvalue weighted by molar-refractivity contribution is -0.144. The van der Waals surface area contributed by atoms with Crippen LogP contribution in [0.4, 0.5) is 0 Å². The van der Waals surface area contributed by atoms with Crippen LogP contribution in [0.1, 0.15) is 32.3 Å². The summed E-state index contributed by atoms with van der Waals surface area (Å²) in [6.45, 7) is 3.69. The Morgan fingerprint density at radius 1 is 1.44 bits per heavy atom. The molecule has 0 amide bonds. The van der Waals surface area contributed by atoms with Gasteiger partial charge < -0.3 is 9.84 Å². The monoisotopic (exact) mass is 290 g/mol. The number of carbonyl (C=O) groups is 1. The third-order valence-corrected chi connectivity index (χ3v) is 3.18. The Morgan fingerprint density at radius 2 is 2.11 bits per heavy atom. The number of hydrogen-bond acceptors (Lipinski definition) is 3. The van der Waals surface area contributed by atoms with E-state index in [1.54, 1.807) is 32.0 Å². The average Bonchev–Trinajstić information content (AvgIpc) is 2.26. The fourth-order valence-corrected chi connectivity index (χ4v) is 2.25. The fraction of sp³-hybridized carbons (Fsp3) is 0.462. The van der Waals surface area contributed by atoms with Crippen LogP contribution in [0.2, 0.25) is 10.0 Å². The van der Waals surface area contributed by atoms with Crippen LogP contribution in [0.3, 0.4) is 0 Å². The summed E-state index contributed by atoms with van der Waals surface area (Å²) in [6, 6.07) is 4.88. The van der Waals surface area contributed by atoms with E-state index in [9.17, 15) is 9.90 Å². The predicted octanol–water partition coefficient (Wildman–Crippen LogP) is 3.54. The van der Waals surface area contributed by atoms with Crippen LogP contribution in [-0.2, 0) is 15.1 Å². The highest BCUT2D eigenvalue weighted by molar-refractivity contribution is 6.35. The number of ether oxygens (including phenoxy) is 1. The quantitative estimate of drug-likeness (QED) is 0.844. The second-order valence-corrected chi connectivity index (χ2v) is 5.05. The van der Waals surface area contributed by atoms with Crippen LogP contribution in [0, 0.1) is 0 Å². The molecule has 0 saturated carbocycles. The lowest BCUT2D eigenvalue weighted by Crippen LogP contribution is -2.23. The van der Waals surface area contributed by atoms with E-state index in [0.717, 1.165) is 0 Å². The van der Waals surface area contributed by atoms with E-state index in [0.29, 0.717) is 22.2 Å². The van der Waals surface area contributed by atoms with Gasteiger partial charge in [-0.1, -0.05) is 29.3 Å². The lowest BCUT2D eigenvalue weighted by atomic mass is 9.91. The number of rotatable bonds is 5. The molecular formula is C13H16Cl2O3. The number of benzene rings is 1. The summed E-state index contributed by atoms with van der Waals surface area (Å²) >= 11 is 11.8. The molecule has 0 saturated heterocycles. The first-order valence-corrected chi connectivity index (χ1v) is 6.46. The summed E-state index contributed by atoms with van der Waals surface area (Å²) in [5.41, 5.74) is -0.632. The lowest BCUT2D eigenvalue weighted by Gasteiger charge is -2.24. The van der Waals surface area contributed by atoms with Crippen LogP contribution in [0.5, 0.6) is 0 Å². The van der Waals surface area contributed by atoms with Gasteiger partial charge in [-0.3, -0.25) is 4.79 Å². The molecule has 1 aromatic rings. The molecule has 1 atom stereocenters. The van der Waals surface area contributed by atoms with Crippen molar-refractivity contribution in [3.05, 3.63) is 33.8 Å². The standard InChI is InChI=1S/C13H16Cl2O3/c1-3-18-12(16)6-7-13(2,17)10-5-4-9(14)8-11(10)15/h4-5,8,17H,3,6-7H2,1-2H3. The van der Waals surface area contributed by atoms with Gasteiger partial charge in [-0.25, -0.2) is 0 Å². The molecule has 1 N–H and O–H groups in total. The number of esters is 1. The molecule has 0 fully saturated rings. The highest BCUT2D eigenvalue weighted by atomic mass is 35.5. The van der Waals surface area contributed by atoms with Crippen LogP contribution < -0.4 is 0 Å². The normalized spacial score (nSPS) is 14.1. The molecule has 0 aromatic heterocycles. The highest BCUT2D eigenvalue weighted by Gasteiger charge is 2.26. The molecule has 1 rings (SSSR count). The van der Waals surface area contributed by atoms with E-state index in [1.165, 1.54) is 0 Å². The summed E-state index contributed by atoms with van der Waals surface area (Å²) in [4.78, 5) is 11.3. The van der Waals surface area contributed by atoms with E-state index in [1.807, 2.05) is 0 Å². The molecule has 18 heavy (non-hydrogen) atoms. The fourth-order valence-electron chi connectivity index (χ4n) is 1.64. The van der Waals surface area contributed by atoms with Crippen molar-refractivity contribution in [1.29, 1.82) is 0 Å². The average molecular weight is 291 g/mol. The molecule has 5 heteroatoms. The molecule has 0 radical (unpaired) electrons. The summed E-state index contributed by atoms with van der Waals surface area (Å²) in [5, 5.41) is 11.2. The van der Waals surface area contributed by atoms with Crippen molar-refractivity contribution in [2.45, 2.75) is 32.3 Å². The van der Waals surface area contributed by atoms with Gasteiger partial charge in [-0.05, 0) is 32.4 Å². The van der Waals surface area contributed by atoms with Gasteiger partial charge in [0.25, 0.3) is 0 Å². The minimum absolute atomic E-state index is 0.139. The zero-order chi connectivity index (χ0) is 13.8. The van der Waals surface area contributed by atoms with Gasteiger partial charge in [0.1, 0.15) is 0 Å². The number of hydrogen-bond donors (Lipinski definition) is 1. The molecule has 100 valence electrons. The second-order valence-electron chi connectivity index (χ2n) is 4.20. The van der Waals surface area contributed by atoms with Gasteiger partial charge >= 0.3 is 5.97 Å². The van der Waals surface area contributed by atoms with Crippen molar-refractivity contribution in [3.8, 4) is 0 Å². The first-order chi connectivity index (χ1) is 8.36. The maximum Gasteiger partial charge on any atom is 0.305 e. The largest absolute Gasteiger partial charge is 0.466 e. The summed E-state index contributed by atoms with van der Waals surface area (Å²) in [5.74, 6) is -0.331. The molecule has 1 unspecified atom stereocenters. The summed E-state index contributed by atoms with van der Waals surface area (Å²) < 4.78 is 4.82. The molecule has 0 spiro atoms. The van der Waals surface area contributed by atoms with Crippen molar-refractivity contribution in [2.75, 3.05) is 6.61 Å². The van der Waals surface area contributed by atoms with E-state index >= 15 is 0 Å². The topological polar surface area (TPSA) is 46.5 Å². The summed E-state index contributed by atoms with van der Waals surface area (Å²) in [7, 11) is 0. The van der Waals surface area contributed by atoms with Gasteiger partial charge in [0.15, 0.2) is 0 Å². The predicted molar refractivity (Wildman–Crippen MR) is 71.9 cm³/mol.